The SMILES string of the molecule is CCCCCCCCCC(=O)OC[C@H](COP(=O)(O)OC[C@H](O)COP(=O)(O)OC[C@@H](COC(=O)CCCCCCCCCC(C)C)OC(=O)CCCCCCCCCCCCC(C)C)OC(=O)CCCCCCCCC(C)CC. The first kappa shape index (κ1) is 78.1. The zero-order chi connectivity index (χ0) is 59.5. The predicted molar refractivity (Wildman–Crippen MR) is 317 cm³/mol. The second kappa shape index (κ2) is 52.6. The maximum Gasteiger partial charge on any atom is 0.472 e. The van der Waals surface area contributed by atoms with Crippen LogP contribution in [0.5, 0.6) is 0 Å². The van der Waals surface area contributed by atoms with Gasteiger partial charge in [0.1, 0.15) is 19.3 Å². The number of hydrogen-bond donors (Lipinski definition) is 3. The number of hydrogen-bond acceptors (Lipinski definition) is 15. The Morgan fingerprint density at radius 3 is 0.950 bits per heavy atom. The van der Waals surface area contributed by atoms with E-state index in [4.69, 9.17) is 37.0 Å². The van der Waals surface area contributed by atoms with Crippen LogP contribution < -0.4 is 0 Å². The Labute approximate surface area is 486 Å². The van der Waals surface area contributed by atoms with Crippen LogP contribution in [0.1, 0.15) is 292 Å². The molecule has 0 aliphatic carbocycles. The molecule has 3 N–H and O–H groups in total. The number of aliphatic hydroxyl groups excluding tert-OH is 1. The van der Waals surface area contributed by atoms with E-state index < -0.39 is 97.5 Å². The molecule has 474 valence electrons. The number of carbonyl (C=O) groups excluding carboxylic acids is 4. The largest absolute Gasteiger partial charge is 0.472 e. The number of phosphoric acid groups is 2. The zero-order valence-corrected chi connectivity index (χ0v) is 53.3. The fourth-order valence-electron chi connectivity index (χ4n) is 8.92. The van der Waals surface area contributed by atoms with Gasteiger partial charge in [-0.1, -0.05) is 241 Å². The van der Waals surface area contributed by atoms with E-state index in [2.05, 4.69) is 48.5 Å². The molecule has 0 rings (SSSR count). The number of esters is 4. The number of aliphatic hydroxyl groups is 1. The summed E-state index contributed by atoms with van der Waals surface area (Å²) in [5, 5.41) is 10.5. The molecule has 80 heavy (non-hydrogen) atoms. The number of rotatable bonds is 59. The number of carbonyl (C=O) groups is 4. The van der Waals surface area contributed by atoms with Crippen LogP contribution in [0.4, 0.5) is 0 Å². The van der Waals surface area contributed by atoms with Crippen molar-refractivity contribution < 1.29 is 80.2 Å². The number of unbranched alkanes of at least 4 members (excludes halogenated alkanes) is 26. The first-order valence-electron chi connectivity index (χ1n) is 31.9. The lowest BCUT2D eigenvalue weighted by Gasteiger charge is -2.21. The highest BCUT2D eigenvalue weighted by Crippen LogP contribution is 2.45. The van der Waals surface area contributed by atoms with Crippen LogP contribution in [0.15, 0.2) is 0 Å². The van der Waals surface area contributed by atoms with Crippen molar-refractivity contribution in [2.24, 2.45) is 17.8 Å². The van der Waals surface area contributed by atoms with Gasteiger partial charge >= 0.3 is 39.5 Å². The molecule has 17 nitrogen and oxygen atoms in total. The highest BCUT2D eigenvalue weighted by atomic mass is 31.2. The molecule has 0 aliphatic rings. The molecule has 0 aromatic heterocycles. The fraction of sp³-hybridized carbons (Fsp3) is 0.934. The van der Waals surface area contributed by atoms with Crippen molar-refractivity contribution in [3.8, 4) is 0 Å². The summed E-state index contributed by atoms with van der Waals surface area (Å²) in [6, 6.07) is 0. The quantitative estimate of drug-likeness (QED) is 0.0222. The van der Waals surface area contributed by atoms with E-state index in [0.717, 1.165) is 121 Å². The van der Waals surface area contributed by atoms with Crippen molar-refractivity contribution in [1.82, 2.24) is 0 Å². The maximum atomic E-state index is 12.9. The molecule has 0 heterocycles. The molecule has 0 saturated carbocycles. The predicted octanol–water partition coefficient (Wildman–Crippen LogP) is 16.3. The van der Waals surface area contributed by atoms with Crippen LogP contribution in [0.25, 0.3) is 0 Å². The van der Waals surface area contributed by atoms with E-state index in [-0.39, 0.29) is 25.7 Å². The Bertz CT molecular complexity index is 1600. The van der Waals surface area contributed by atoms with Crippen molar-refractivity contribution in [2.45, 2.75) is 311 Å². The summed E-state index contributed by atoms with van der Waals surface area (Å²) in [4.78, 5) is 71.9. The first-order chi connectivity index (χ1) is 38.3. The van der Waals surface area contributed by atoms with Crippen LogP contribution >= 0.6 is 15.6 Å². The average molecular weight is 1190 g/mol. The summed E-state index contributed by atoms with van der Waals surface area (Å²) in [6.45, 7) is 11.6. The van der Waals surface area contributed by atoms with Crippen molar-refractivity contribution >= 4 is 39.5 Å². The summed E-state index contributed by atoms with van der Waals surface area (Å²) < 4.78 is 67.8. The lowest BCUT2D eigenvalue weighted by molar-refractivity contribution is -0.161. The lowest BCUT2D eigenvalue weighted by Crippen LogP contribution is -2.30. The summed E-state index contributed by atoms with van der Waals surface area (Å²) in [6.07, 6.45) is 32.3. The minimum absolute atomic E-state index is 0.102. The first-order valence-corrected chi connectivity index (χ1v) is 34.9. The third-order valence-electron chi connectivity index (χ3n) is 14.2. The highest BCUT2D eigenvalue weighted by Gasteiger charge is 2.30. The van der Waals surface area contributed by atoms with Gasteiger partial charge in [-0.3, -0.25) is 37.3 Å². The maximum absolute atomic E-state index is 12.9. The van der Waals surface area contributed by atoms with E-state index in [0.29, 0.717) is 31.6 Å². The molecule has 0 aromatic carbocycles. The minimum atomic E-state index is -4.94. The van der Waals surface area contributed by atoms with Crippen LogP contribution in [0.2, 0.25) is 0 Å². The van der Waals surface area contributed by atoms with Crippen molar-refractivity contribution in [3.05, 3.63) is 0 Å². The fourth-order valence-corrected chi connectivity index (χ4v) is 10.5. The molecule has 0 fully saturated rings. The summed E-state index contributed by atoms with van der Waals surface area (Å²) in [7, 11) is -9.88. The average Bonchev–Trinajstić information content (AvgIpc) is 3.41. The van der Waals surface area contributed by atoms with Crippen molar-refractivity contribution in [3.63, 3.8) is 0 Å². The molecule has 19 heteroatoms. The van der Waals surface area contributed by atoms with Gasteiger partial charge in [0.05, 0.1) is 26.4 Å². The highest BCUT2D eigenvalue weighted by molar-refractivity contribution is 7.47. The molecule has 3 unspecified atom stereocenters. The van der Waals surface area contributed by atoms with Crippen molar-refractivity contribution in [2.75, 3.05) is 39.6 Å². The van der Waals surface area contributed by atoms with Gasteiger partial charge in [-0.15, -0.1) is 0 Å². The smallest absolute Gasteiger partial charge is 0.462 e. The zero-order valence-electron chi connectivity index (χ0n) is 51.5. The van der Waals surface area contributed by atoms with Gasteiger partial charge in [-0.25, -0.2) is 9.13 Å². The third kappa shape index (κ3) is 54.0. The Kier molecular flexibility index (Phi) is 51.3. The molecule has 6 atom stereocenters. The molecule has 0 spiro atoms. The molecule has 0 amide bonds. The standard InChI is InChI=1S/C61H118O17P2/c1-8-10-11-12-18-28-35-42-58(63)71-48-57(78-61(66)45-38-31-24-23-27-34-41-54(7)9-2)51-76-80(69,70)74-47-55(62)46-73-79(67,68)75-50-56(49-72-59(64)43-36-29-22-17-20-26-33-40-53(5)6)77-60(65)44-37-30-21-16-14-13-15-19-25-32-39-52(3)4/h52-57,62H,8-51H2,1-7H3,(H,67,68)(H,69,70)/t54?,55-,56-,57-/m1/s1. The summed E-state index contributed by atoms with van der Waals surface area (Å²) >= 11 is 0. The van der Waals surface area contributed by atoms with Gasteiger partial charge in [0.2, 0.25) is 0 Å². The van der Waals surface area contributed by atoms with E-state index in [1.807, 2.05) is 0 Å². The molecule has 0 saturated heterocycles. The molecular weight excluding hydrogens is 1070 g/mol. The topological polar surface area (TPSA) is 237 Å². The van der Waals surface area contributed by atoms with E-state index in [1.165, 1.54) is 83.5 Å². The molecule has 0 aromatic rings. The third-order valence-corrected chi connectivity index (χ3v) is 16.1. The van der Waals surface area contributed by atoms with Crippen LogP contribution in [-0.4, -0.2) is 96.7 Å². The van der Waals surface area contributed by atoms with E-state index in [9.17, 15) is 43.2 Å². The van der Waals surface area contributed by atoms with Crippen molar-refractivity contribution in [1.29, 1.82) is 0 Å². The van der Waals surface area contributed by atoms with E-state index >= 15 is 0 Å². The molecule has 0 bridgehead atoms. The Morgan fingerprint density at radius 1 is 0.362 bits per heavy atom. The second-order valence-electron chi connectivity index (χ2n) is 23.3. The van der Waals surface area contributed by atoms with Crippen LogP contribution in [-0.2, 0) is 65.4 Å². The summed E-state index contributed by atoms with van der Waals surface area (Å²) in [5.74, 6) is 0.0302. The number of phosphoric ester groups is 2. The van der Waals surface area contributed by atoms with Gasteiger partial charge in [0.25, 0.3) is 0 Å². The van der Waals surface area contributed by atoms with Gasteiger partial charge in [-0.2, -0.15) is 0 Å². The second-order valence-corrected chi connectivity index (χ2v) is 26.2. The Balaban J connectivity index is 5.23. The summed E-state index contributed by atoms with van der Waals surface area (Å²) in [5.41, 5.74) is 0. The minimum Gasteiger partial charge on any atom is -0.462 e. The normalized spacial score (nSPS) is 14.8. The van der Waals surface area contributed by atoms with E-state index in [1.54, 1.807) is 0 Å². The van der Waals surface area contributed by atoms with Gasteiger partial charge in [0.15, 0.2) is 12.2 Å². The van der Waals surface area contributed by atoms with Gasteiger partial charge in [0, 0.05) is 25.7 Å². The van der Waals surface area contributed by atoms with Crippen LogP contribution in [0, 0.1) is 17.8 Å². The molecular formula is C61H118O17P2. The Hall–Kier alpha value is -1.94. The lowest BCUT2D eigenvalue weighted by atomic mass is 10.00. The molecule has 0 aliphatic heterocycles. The van der Waals surface area contributed by atoms with Gasteiger partial charge < -0.3 is 33.8 Å². The monoisotopic (exact) mass is 1180 g/mol. The van der Waals surface area contributed by atoms with Crippen LogP contribution in [0.3, 0.4) is 0 Å². The molecule has 0 radical (unpaired) electrons. The van der Waals surface area contributed by atoms with Gasteiger partial charge in [-0.05, 0) is 43.4 Å². The Morgan fingerprint density at radius 2 is 0.637 bits per heavy atom. The number of ether oxygens (including phenoxy) is 4.